The molecule has 0 saturated carbocycles. The zero-order valence-electron chi connectivity index (χ0n) is 14.8. The van der Waals surface area contributed by atoms with Crippen molar-refractivity contribution in [3.63, 3.8) is 0 Å². The van der Waals surface area contributed by atoms with Crippen molar-refractivity contribution in [2.75, 3.05) is 79.7 Å². The molecule has 0 bridgehead atoms. The van der Waals surface area contributed by atoms with Crippen LogP contribution in [0.4, 0.5) is 0 Å². The van der Waals surface area contributed by atoms with Crippen LogP contribution < -0.4 is 0 Å². The molecule has 23 heavy (non-hydrogen) atoms. The number of carbonyl (C=O) groups is 1. The van der Waals surface area contributed by atoms with Crippen molar-refractivity contribution < 1.29 is 28.5 Å². The van der Waals surface area contributed by atoms with Gasteiger partial charge in [0, 0.05) is 20.2 Å². The van der Waals surface area contributed by atoms with Crippen molar-refractivity contribution in [1.29, 1.82) is 0 Å². The lowest BCUT2D eigenvalue weighted by atomic mass is 10.2. The first-order chi connectivity index (χ1) is 11.2. The van der Waals surface area contributed by atoms with Gasteiger partial charge in [-0.15, -0.1) is 0 Å². The van der Waals surface area contributed by atoms with Crippen molar-refractivity contribution in [2.45, 2.75) is 13.8 Å². The van der Waals surface area contributed by atoms with E-state index in [1.807, 2.05) is 0 Å². The molecule has 0 saturated heterocycles. The minimum Gasteiger partial charge on any atom is -0.379 e. The predicted molar refractivity (Wildman–Crippen MR) is 87.6 cm³/mol. The molecule has 0 radical (unpaired) electrons. The van der Waals surface area contributed by atoms with Gasteiger partial charge < -0.3 is 28.6 Å². The van der Waals surface area contributed by atoms with Crippen molar-refractivity contribution in [2.24, 2.45) is 5.92 Å². The molecule has 138 valence electrons. The lowest BCUT2D eigenvalue weighted by Crippen LogP contribution is -2.22. The Hall–Kier alpha value is -0.730. The van der Waals surface area contributed by atoms with E-state index < -0.39 is 0 Å². The fourth-order valence-corrected chi connectivity index (χ4v) is 1.46. The van der Waals surface area contributed by atoms with Crippen molar-refractivity contribution >= 4 is 6.41 Å². The standard InChI is InChI=1S/C16H33NO6/c1-16(2)14-23-13-12-22-11-10-21-9-8-20-7-6-19-5-4-17(3)15-18/h15-16H,4-14H2,1-3H3. The van der Waals surface area contributed by atoms with Crippen molar-refractivity contribution in [3.05, 3.63) is 0 Å². The minimum absolute atomic E-state index is 0.520. The van der Waals surface area contributed by atoms with Gasteiger partial charge in [0.2, 0.25) is 6.41 Å². The van der Waals surface area contributed by atoms with E-state index in [2.05, 4.69) is 13.8 Å². The van der Waals surface area contributed by atoms with Gasteiger partial charge in [0.05, 0.1) is 59.5 Å². The zero-order chi connectivity index (χ0) is 17.2. The summed E-state index contributed by atoms with van der Waals surface area (Å²) in [6, 6.07) is 0. The van der Waals surface area contributed by atoms with E-state index in [1.54, 1.807) is 7.05 Å². The molecule has 7 heteroatoms. The highest BCUT2D eigenvalue weighted by Gasteiger charge is 1.96. The Morgan fingerprint density at radius 1 is 0.739 bits per heavy atom. The van der Waals surface area contributed by atoms with Gasteiger partial charge in [0.15, 0.2) is 0 Å². The molecule has 7 nitrogen and oxygen atoms in total. The largest absolute Gasteiger partial charge is 0.379 e. The van der Waals surface area contributed by atoms with Crippen LogP contribution in [-0.2, 0) is 28.5 Å². The summed E-state index contributed by atoms with van der Waals surface area (Å²) in [5.74, 6) is 0.557. The maximum atomic E-state index is 10.3. The minimum atomic E-state index is 0.520. The number of ether oxygens (including phenoxy) is 5. The van der Waals surface area contributed by atoms with Crippen LogP contribution in [0.25, 0.3) is 0 Å². The second kappa shape index (κ2) is 17.6. The quantitative estimate of drug-likeness (QED) is 0.273. The van der Waals surface area contributed by atoms with Gasteiger partial charge in [-0.05, 0) is 5.92 Å². The second-order valence-corrected chi connectivity index (χ2v) is 5.50. The summed E-state index contributed by atoms with van der Waals surface area (Å²) in [6.45, 7) is 10.6. The first-order valence-electron chi connectivity index (χ1n) is 8.21. The molecule has 0 unspecified atom stereocenters. The Balaban J connectivity index is 3.01. The monoisotopic (exact) mass is 335 g/mol. The summed E-state index contributed by atoms with van der Waals surface area (Å²) < 4.78 is 26.8. The summed E-state index contributed by atoms with van der Waals surface area (Å²) in [5, 5.41) is 0. The molecule has 0 aliphatic carbocycles. The van der Waals surface area contributed by atoms with Crippen LogP contribution in [0.15, 0.2) is 0 Å². The highest BCUT2D eigenvalue weighted by Crippen LogP contribution is 1.91. The van der Waals surface area contributed by atoms with Crippen LogP contribution >= 0.6 is 0 Å². The lowest BCUT2D eigenvalue weighted by Gasteiger charge is -2.10. The second-order valence-electron chi connectivity index (χ2n) is 5.50. The van der Waals surface area contributed by atoms with Crippen LogP contribution in [-0.4, -0.2) is 91.0 Å². The molecule has 1 amide bonds. The van der Waals surface area contributed by atoms with Gasteiger partial charge >= 0.3 is 0 Å². The third-order valence-electron chi connectivity index (χ3n) is 2.71. The van der Waals surface area contributed by atoms with Crippen molar-refractivity contribution in [1.82, 2.24) is 4.90 Å². The number of amides is 1. The molecule has 0 atom stereocenters. The van der Waals surface area contributed by atoms with E-state index in [9.17, 15) is 4.79 Å². The highest BCUT2D eigenvalue weighted by molar-refractivity contribution is 5.46. The van der Waals surface area contributed by atoms with E-state index in [4.69, 9.17) is 23.7 Å². The van der Waals surface area contributed by atoms with Gasteiger partial charge in [-0.2, -0.15) is 0 Å². The van der Waals surface area contributed by atoms with Crippen LogP contribution in [0.1, 0.15) is 13.8 Å². The number of carbonyl (C=O) groups excluding carboxylic acids is 1. The average Bonchev–Trinajstić information content (AvgIpc) is 2.53. The van der Waals surface area contributed by atoms with Crippen LogP contribution in [0, 0.1) is 5.92 Å². The molecule has 0 aliphatic rings. The van der Waals surface area contributed by atoms with Crippen LogP contribution in [0.5, 0.6) is 0 Å². The average molecular weight is 335 g/mol. The Morgan fingerprint density at radius 3 is 1.52 bits per heavy atom. The number of likely N-dealkylation sites (N-methyl/N-ethyl adjacent to an activating group) is 1. The number of nitrogens with zero attached hydrogens (tertiary/aromatic N) is 1. The number of hydrogen-bond acceptors (Lipinski definition) is 6. The van der Waals surface area contributed by atoms with Crippen LogP contribution in [0.3, 0.4) is 0 Å². The summed E-state index contributed by atoms with van der Waals surface area (Å²) >= 11 is 0. The Kier molecular flexibility index (Phi) is 17.1. The summed E-state index contributed by atoms with van der Waals surface area (Å²) in [6.07, 6.45) is 0.777. The van der Waals surface area contributed by atoms with Gasteiger partial charge in [-0.25, -0.2) is 0 Å². The fraction of sp³-hybridized carbons (Fsp3) is 0.938. The van der Waals surface area contributed by atoms with Gasteiger partial charge in [0.25, 0.3) is 0 Å². The topological polar surface area (TPSA) is 66.5 Å². The predicted octanol–water partition coefficient (Wildman–Crippen LogP) is 0.814. The molecule has 0 heterocycles. The van der Waals surface area contributed by atoms with Gasteiger partial charge in [-0.3, -0.25) is 4.79 Å². The molecule has 0 aromatic rings. The van der Waals surface area contributed by atoms with E-state index in [-0.39, 0.29) is 0 Å². The SMILES string of the molecule is CC(C)COCCOCCOCCOCCOCCN(C)C=O. The third-order valence-corrected chi connectivity index (χ3v) is 2.71. The lowest BCUT2D eigenvalue weighted by molar-refractivity contribution is -0.117. The smallest absolute Gasteiger partial charge is 0.209 e. The summed E-state index contributed by atoms with van der Waals surface area (Å²) in [4.78, 5) is 11.9. The molecular formula is C16H33NO6. The fourth-order valence-electron chi connectivity index (χ4n) is 1.46. The molecule has 0 fully saturated rings. The maximum Gasteiger partial charge on any atom is 0.209 e. The highest BCUT2D eigenvalue weighted by atomic mass is 16.6. The van der Waals surface area contributed by atoms with Crippen LogP contribution in [0.2, 0.25) is 0 Å². The first-order valence-corrected chi connectivity index (χ1v) is 8.21. The van der Waals surface area contributed by atoms with Gasteiger partial charge in [-0.1, -0.05) is 13.8 Å². The van der Waals surface area contributed by atoms with Crippen molar-refractivity contribution in [3.8, 4) is 0 Å². The Labute approximate surface area is 140 Å². The summed E-state index contributed by atoms with van der Waals surface area (Å²) in [5.41, 5.74) is 0. The Bertz CT molecular complexity index is 253. The van der Waals surface area contributed by atoms with E-state index >= 15 is 0 Å². The molecule has 0 aromatic carbocycles. The molecule has 0 spiro atoms. The zero-order valence-corrected chi connectivity index (χ0v) is 14.8. The molecule has 0 aromatic heterocycles. The molecule has 0 rings (SSSR count). The molecule has 0 aliphatic heterocycles. The number of rotatable bonds is 18. The molecule has 0 N–H and O–H groups in total. The third kappa shape index (κ3) is 19.2. The van der Waals surface area contributed by atoms with Gasteiger partial charge in [0.1, 0.15) is 0 Å². The van der Waals surface area contributed by atoms with E-state index in [0.717, 1.165) is 13.0 Å². The maximum absolute atomic E-state index is 10.3. The normalized spacial score (nSPS) is 11.1. The first kappa shape index (κ1) is 22.3. The summed E-state index contributed by atoms with van der Waals surface area (Å²) in [7, 11) is 1.71. The van der Waals surface area contributed by atoms with E-state index in [0.29, 0.717) is 71.9 Å². The Morgan fingerprint density at radius 2 is 1.13 bits per heavy atom. The molecular weight excluding hydrogens is 302 g/mol. The van der Waals surface area contributed by atoms with E-state index in [1.165, 1.54) is 4.90 Å². The number of hydrogen-bond donors (Lipinski definition) is 0.